The summed E-state index contributed by atoms with van der Waals surface area (Å²) in [7, 11) is 0. The Kier molecular flexibility index (Phi) is 2.35. The Morgan fingerprint density at radius 1 is 1.17 bits per heavy atom. The zero-order valence-electron chi connectivity index (χ0n) is 7.55. The minimum absolute atomic E-state index is 0.405. The minimum atomic E-state index is -0.405. The molecule has 0 spiro atoms. The van der Waals surface area contributed by atoms with Crippen LogP contribution in [0.15, 0.2) is 0 Å². The zero-order valence-corrected chi connectivity index (χ0v) is 7.55. The van der Waals surface area contributed by atoms with Gasteiger partial charge in [-0.2, -0.15) is 0 Å². The smallest absolute Gasteiger partial charge is 0.102 e. The van der Waals surface area contributed by atoms with Gasteiger partial charge < -0.3 is 15.3 Å². The van der Waals surface area contributed by atoms with Crippen molar-refractivity contribution in [3.63, 3.8) is 0 Å². The molecule has 70 valence electrons. The second kappa shape index (κ2) is 3.32. The number of piperidine rings is 1. The van der Waals surface area contributed by atoms with E-state index in [1.54, 1.807) is 0 Å². The first-order valence-electron chi connectivity index (χ1n) is 4.94. The number of rotatable bonds is 2. The maximum atomic E-state index is 9.86. The maximum absolute atomic E-state index is 9.86. The average molecular weight is 170 g/mol. The molecule has 12 heavy (non-hydrogen) atoms. The van der Waals surface area contributed by atoms with Crippen LogP contribution >= 0.6 is 0 Å². The maximum Gasteiger partial charge on any atom is 0.102 e. The lowest BCUT2D eigenvalue weighted by molar-refractivity contribution is -0.0411. The van der Waals surface area contributed by atoms with Crippen LogP contribution in [0.25, 0.3) is 0 Å². The number of nitrogens with zero attached hydrogens (tertiary/aromatic N) is 1. The van der Waals surface area contributed by atoms with E-state index in [1.807, 2.05) is 0 Å². The van der Waals surface area contributed by atoms with Crippen LogP contribution in [0.2, 0.25) is 0 Å². The molecule has 2 saturated heterocycles. The molecular weight excluding hydrogens is 152 g/mol. The highest BCUT2D eigenvalue weighted by atomic mass is 16.3. The monoisotopic (exact) mass is 170 g/mol. The summed E-state index contributed by atoms with van der Waals surface area (Å²) < 4.78 is 0. The molecular formula is C9H18N2O. The standard InChI is InChI=1S/C9H18N2O/c12-9(6-10-7-9)8-11-4-2-1-3-5-11/h10,12H,1-8H2. The van der Waals surface area contributed by atoms with Crippen LogP contribution in [0.3, 0.4) is 0 Å². The predicted molar refractivity (Wildman–Crippen MR) is 48.1 cm³/mol. The highest BCUT2D eigenvalue weighted by Gasteiger charge is 2.35. The number of hydrogen-bond acceptors (Lipinski definition) is 3. The Morgan fingerprint density at radius 2 is 1.83 bits per heavy atom. The third kappa shape index (κ3) is 1.79. The van der Waals surface area contributed by atoms with Gasteiger partial charge in [-0.15, -0.1) is 0 Å². The molecule has 2 heterocycles. The predicted octanol–water partition coefficient (Wildman–Crippen LogP) is -0.193. The van der Waals surface area contributed by atoms with Crippen LogP contribution in [-0.2, 0) is 0 Å². The van der Waals surface area contributed by atoms with Crippen molar-refractivity contribution in [1.29, 1.82) is 0 Å². The van der Waals surface area contributed by atoms with Crippen LogP contribution in [-0.4, -0.2) is 48.3 Å². The first-order valence-corrected chi connectivity index (χ1v) is 4.94. The number of nitrogens with one attached hydrogen (secondary N) is 1. The van der Waals surface area contributed by atoms with E-state index in [0.29, 0.717) is 0 Å². The molecule has 3 heteroatoms. The molecule has 0 unspecified atom stereocenters. The molecule has 0 aromatic rings. The number of likely N-dealkylation sites (tertiary alicyclic amines) is 1. The number of β-amino-alcohol motifs (C(OH)–C–C–N with tert-alkyl or cyclic N) is 1. The molecule has 2 rings (SSSR count). The van der Waals surface area contributed by atoms with E-state index in [-0.39, 0.29) is 0 Å². The van der Waals surface area contributed by atoms with E-state index in [9.17, 15) is 5.11 Å². The summed E-state index contributed by atoms with van der Waals surface area (Å²) >= 11 is 0. The average Bonchev–Trinajstić information content (AvgIpc) is 2.04. The van der Waals surface area contributed by atoms with Gasteiger partial charge in [0, 0.05) is 19.6 Å². The largest absolute Gasteiger partial charge is 0.386 e. The summed E-state index contributed by atoms with van der Waals surface area (Å²) in [5.41, 5.74) is -0.405. The van der Waals surface area contributed by atoms with Gasteiger partial charge in [0.25, 0.3) is 0 Å². The fraction of sp³-hybridized carbons (Fsp3) is 1.00. The Morgan fingerprint density at radius 3 is 2.33 bits per heavy atom. The zero-order chi connectivity index (χ0) is 8.44. The van der Waals surface area contributed by atoms with Crippen molar-refractivity contribution in [3.05, 3.63) is 0 Å². The van der Waals surface area contributed by atoms with Crippen LogP contribution in [0.5, 0.6) is 0 Å². The van der Waals surface area contributed by atoms with Gasteiger partial charge in [0.15, 0.2) is 0 Å². The number of aliphatic hydroxyl groups is 1. The van der Waals surface area contributed by atoms with Crippen LogP contribution in [0, 0.1) is 0 Å². The summed E-state index contributed by atoms with van der Waals surface area (Å²) in [5, 5.41) is 13.0. The van der Waals surface area contributed by atoms with Crippen LogP contribution < -0.4 is 5.32 Å². The second-order valence-corrected chi connectivity index (χ2v) is 4.16. The SMILES string of the molecule is OC1(CN2CCCCC2)CNC1. The van der Waals surface area contributed by atoms with Crippen molar-refractivity contribution in [2.45, 2.75) is 24.9 Å². The quantitative estimate of drug-likeness (QED) is 0.603. The topological polar surface area (TPSA) is 35.5 Å². The lowest BCUT2D eigenvalue weighted by Gasteiger charge is -2.42. The second-order valence-electron chi connectivity index (χ2n) is 4.16. The molecule has 0 aromatic carbocycles. The Hall–Kier alpha value is -0.120. The summed E-state index contributed by atoms with van der Waals surface area (Å²) in [6.07, 6.45) is 3.99. The van der Waals surface area contributed by atoms with Crippen molar-refractivity contribution in [2.75, 3.05) is 32.7 Å². The molecule has 3 nitrogen and oxygen atoms in total. The molecule has 0 atom stereocenters. The molecule has 0 saturated carbocycles. The highest BCUT2D eigenvalue weighted by Crippen LogP contribution is 2.16. The third-order valence-electron chi connectivity index (χ3n) is 2.87. The minimum Gasteiger partial charge on any atom is -0.386 e. The van der Waals surface area contributed by atoms with Gasteiger partial charge in [-0.05, 0) is 25.9 Å². The van der Waals surface area contributed by atoms with Crippen molar-refractivity contribution in [3.8, 4) is 0 Å². The fourth-order valence-corrected chi connectivity index (χ4v) is 2.06. The normalized spacial score (nSPS) is 29.8. The summed E-state index contributed by atoms with van der Waals surface area (Å²) in [4.78, 5) is 2.39. The Bertz CT molecular complexity index is 151. The van der Waals surface area contributed by atoms with E-state index in [2.05, 4.69) is 10.2 Å². The lowest BCUT2D eigenvalue weighted by Crippen LogP contribution is -2.64. The van der Waals surface area contributed by atoms with E-state index in [4.69, 9.17) is 0 Å². The molecule has 0 radical (unpaired) electrons. The first-order chi connectivity index (χ1) is 5.79. The van der Waals surface area contributed by atoms with E-state index < -0.39 is 5.60 Å². The van der Waals surface area contributed by atoms with Gasteiger partial charge in [-0.25, -0.2) is 0 Å². The molecule has 0 aliphatic carbocycles. The summed E-state index contributed by atoms with van der Waals surface area (Å²) in [5.74, 6) is 0. The highest BCUT2D eigenvalue weighted by molar-refractivity contribution is 4.95. The molecule has 0 aromatic heterocycles. The van der Waals surface area contributed by atoms with Crippen molar-refractivity contribution < 1.29 is 5.11 Å². The van der Waals surface area contributed by atoms with E-state index in [1.165, 1.54) is 32.4 Å². The first kappa shape index (κ1) is 8.48. The molecule has 2 fully saturated rings. The molecule has 0 bridgehead atoms. The fourth-order valence-electron chi connectivity index (χ4n) is 2.06. The third-order valence-corrected chi connectivity index (χ3v) is 2.87. The molecule has 2 aliphatic heterocycles. The molecule has 2 aliphatic rings. The van der Waals surface area contributed by atoms with Crippen LogP contribution in [0.4, 0.5) is 0 Å². The van der Waals surface area contributed by atoms with Gasteiger partial charge >= 0.3 is 0 Å². The van der Waals surface area contributed by atoms with Gasteiger partial charge in [0.2, 0.25) is 0 Å². The van der Waals surface area contributed by atoms with Crippen LogP contribution in [0.1, 0.15) is 19.3 Å². The van der Waals surface area contributed by atoms with E-state index >= 15 is 0 Å². The Balaban J connectivity index is 1.77. The van der Waals surface area contributed by atoms with Gasteiger partial charge in [-0.1, -0.05) is 6.42 Å². The van der Waals surface area contributed by atoms with Gasteiger partial charge in [-0.3, -0.25) is 0 Å². The van der Waals surface area contributed by atoms with Gasteiger partial charge in [0.1, 0.15) is 5.60 Å². The number of hydrogen-bond donors (Lipinski definition) is 2. The Labute approximate surface area is 73.8 Å². The van der Waals surface area contributed by atoms with Crippen molar-refractivity contribution in [2.24, 2.45) is 0 Å². The van der Waals surface area contributed by atoms with E-state index in [0.717, 1.165) is 19.6 Å². The molecule has 0 amide bonds. The summed E-state index contributed by atoms with van der Waals surface area (Å²) in [6.45, 7) is 4.80. The van der Waals surface area contributed by atoms with Crippen molar-refractivity contribution >= 4 is 0 Å². The lowest BCUT2D eigenvalue weighted by atomic mass is 9.95. The van der Waals surface area contributed by atoms with Gasteiger partial charge in [0.05, 0.1) is 0 Å². The van der Waals surface area contributed by atoms with Crippen molar-refractivity contribution in [1.82, 2.24) is 10.2 Å². The summed E-state index contributed by atoms with van der Waals surface area (Å²) in [6, 6.07) is 0. The molecule has 2 N–H and O–H groups in total.